The molecule has 0 spiro atoms. The molecule has 0 amide bonds. The quantitative estimate of drug-likeness (QED) is 0.142. The molecule has 0 fully saturated rings. The van der Waals surface area contributed by atoms with Crippen molar-refractivity contribution in [1.29, 1.82) is 0 Å². The van der Waals surface area contributed by atoms with E-state index >= 15 is 0 Å². The van der Waals surface area contributed by atoms with Crippen LogP contribution >= 0.6 is 0 Å². The summed E-state index contributed by atoms with van der Waals surface area (Å²) in [5.41, 5.74) is 17.6. The van der Waals surface area contributed by atoms with Crippen molar-refractivity contribution in [1.82, 2.24) is 0 Å². The molecule has 0 aliphatic carbocycles. The fourth-order valence-corrected chi connectivity index (χ4v) is 8.30. The highest BCUT2D eigenvalue weighted by molar-refractivity contribution is 5.98. The van der Waals surface area contributed by atoms with Crippen molar-refractivity contribution in [3.8, 4) is 66.8 Å². The second kappa shape index (κ2) is 16.0. The third-order valence-corrected chi connectivity index (χ3v) is 11.3. The summed E-state index contributed by atoms with van der Waals surface area (Å²) in [6, 6.07) is 89.8. The van der Waals surface area contributed by atoms with Gasteiger partial charge in [0.1, 0.15) is 0 Å². The van der Waals surface area contributed by atoms with E-state index in [1.165, 1.54) is 72.0 Å². The van der Waals surface area contributed by atoms with E-state index in [9.17, 15) is 0 Å². The molecule has 1 nitrogen and oxygen atoms in total. The molecule has 0 atom stereocenters. The maximum atomic E-state index is 2.40. The van der Waals surface area contributed by atoms with E-state index in [0.717, 1.165) is 22.6 Å². The molecule has 0 saturated heterocycles. The fraction of sp³-hybridized carbons (Fsp3) is 0. The lowest BCUT2D eigenvalue weighted by Gasteiger charge is -2.28. The van der Waals surface area contributed by atoms with Gasteiger partial charge in [-0.05, 0) is 127 Å². The van der Waals surface area contributed by atoms with Crippen LogP contribution in [0.2, 0.25) is 0 Å². The lowest BCUT2D eigenvalue weighted by molar-refractivity contribution is 1.28. The Morgan fingerprint density at radius 2 is 0.576 bits per heavy atom. The number of hydrogen-bond donors (Lipinski definition) is 0. The number of para-hydroxylation sites is 1. The van der Waals surface area contributed by atoms with Gasteiger partial charge in [0.25, 0.3) is 0 Å². The predicted molar refractivity (Wildman–Crippen MR) is 251 cm³/mol. The van der Waals surface area contributed by atoms with Crippen LogP contribution in [0, 0.1) is 0 Å². The summed E-state index contributed by atoms with van der Waals surface area (Å²) in [4.78, 5) is 2.40. The Kier molecular flexibility index (Phi) is 9.68. The van der Waals surface area contributed by atoms with E-state index in [2.05, 4.69) is 254 Å². The molecule has 10 aromatic carbocycles. The van der Waals surface area contributed by atoms with Crippen LogP contribution in [0.25, 0.3) is 77.5 Å². The summed E-state index contributed by atoms with van der Waals surface area (Å²) in [5, 5.41) is 2.50. The van der Waals surface area contributed by atoms with Crippen LogP contribution in [-0.2, 0) is 0 Å². The fourth-order valence-electron chi connectivity index (χ4n) is 8.30. The Hall–Kier alpha value is -7.74. The number of anilines is 3. The van der Waals surface area contributed by atoms with Gasteiger partial charge in [0.05, 0.1) is 5.69 Å². The van der Waals surface area contributed by atoms with Crippen LogP contribution in [-0.4, -0.2) is 0 Å². The second-order valence-electron chi connectivity index (χ2n) is 15.0. The molecule has 0 saturated carbocycles. The van der Waals surface area contributed by atoms with Gasteiger partial charge in [0.15, 0.2) is 0 Å². The predicted octanol–water partition coefficient (Wildman–Crippen LogP) is 16.3. The Morgan fingerprint density at radius 1 is 0.220 bits per heavy atom. The number of benzene rings is 10. The van der Waals surface area contributed by atoms with Crippen molar-refractivity contribution >= 4 is 27.8 Å². The first-order valence-electron chi connectivity index (χ1n) is 20.2. The van der Waals surface area contributed by atoms with Gasteiger partial charge < -0.3 is 4.90 Å². The van der Waals surface area contributed by atoms with Gasteiger partial charge in [-0.2, -0.15) is 0 Å². The van der Waals surface area contributed by atoms with E-state index in [1.807, 2.05) is 0 Å². The van der Waals surface area contributed by atoms with Gasteiger partial charge in [-0.25, -0.2) is 0 Å². The van der Waals surface area contributed by atoms with Gasteiger partial charge >= 0.3 is 0 Å². The van der Waals surface area contributed by atoms with Gasteiger partial charge in [0, 0.05) is 16.9 Å². The highest BCUT2D eigenvalue weighted by Crippen LogP contribution is 2.43. The number of fused-ring (bicyclic) bond motifs is 1. The minimum atomic E-state index is 1.08. The van der Waals surface area contributed by atoms with Gasteiger partial charge in [-0.15, -0.1) is 0 Å². The van der Waals surface area contributed by atoms with Crippen LogP contribution in [0.4, 0.5) is 17.1 Å². The molecule has 59 heavy (non-hydrogen) atoms. The van der Waals surface area contributed by atoms with Crippen LogP contribution in [0.5, 0.6) is 0 Å². The Bertz CT molecular complexity index is 2940. The molecule has 0 bridgehead atoms. The average molecular weight is 752 g/mol. The van der Waals surface area contributed by atoms with Crippen molar-refractivity contribution in [2.45, 2.75) is 0 Å². The van der Waals surface area contributed by atoms with Crippen LogP contribution < -0.4 is 4.90 Å². The Labute approximate surface area is 346 Å². The first kappa shape index (κ1) is 35.7. The molecule has 0 aromatic heterocycles. The summed E-state index contributed by atoms with van der Waals surface area (Å²) in [6.07, 6.45) is 0. The first-order valence-corrected chi connectivity index (χ1v) is 20.2. The molecule has 1 heteroatoms. The van der Waals surface area contributed by atoms with E-state index in [-0.39, 0.29) is 0 Å². The number of rotatable bonds is 9. The highest BCUT2D eigenvalue weighted by atomic mass is 15.1. The largest absolute Gasteiger partial charge is 0.310 e. The lowest BCUT2D eigenvalue weighted by Crippen LogP contribution is -2.11. The van der Waals surface area contributed by atoms with E-state index in [4.69, 9.17) is 0 Å². The van der Waals surface area contributed by atoms with Crippen LogP contribution in [0.15, 0.2) is 249 Å². The van der Waals surface area contributed by atoms with Crippen molar-refractivity contribution in [2.75, 3.05) is 4.90 Å². The van der Waals surface area contributed by atoms with Crippen LogP contribution in [0.1, 0.15) is 0 Å². The maximum Gasteiger partial charge on any atom is 0.0540 e. The smallest absolute Gasteiger partial charge is 0.0540 e. The minimum Gasteiger partial charge on any atom is -0.310 e. The molecule has 0 heterocycles. The molecule has 278 valence electrons. The van der Waals surface area contributed by atoms with Gasteiger partial charge in [0.2, 0.25) is 0 Å². The van der Waals surface area contributed by atoms with Crippen molar-refractivity contribution in [2.24, 2.45) is 0 Å². The minimum absolute atomic E-state index is 1.08. The standard InChI is InChI=1S/C58H41N/c1-4-16-42(17-5-1)45-30-34-53(35-31-45)59(58-29-13-12-27-57(58)49-25-14-24-48(38-49)56-28-15-23-47-22-10-11-26-55(47)56)54-36-32-46(33-37-54)52-40-50(43-18-6-2-7-19-43)39-51(41-52)44-20-8-3-9-21-44/h1-41H. The topological polar surface area (TPSA) is 3.24 Å². The Morgan fingerprint density at radius 3 is 1.15 bits per heavy atom. The lowest BCUT2D eigenvalue weighted by atomic mass is 9.93. The van der Waals surface area contributed by atoms with E-state index in [0.29, 0.717) is 0 Å². The third kappa shape index (κ3) is 7.34. The molecule has 0 N–H and O–H groups in total. The molecule has 10 rings (SSSR count). The molecule has 10 aromatic rings. The summed E-state index contributed by atoms with van der Waals surface area (Å²) in [5.74, 6) is 0. The zero-order chi connectivity index (χ0) is 39.4. The van der Waals surface area contributed by atoms with E-state index < -0.39 is 0 Å². The van der Waals surface area contributed by atoms with Gasteiger partial charge in [-0.3, -0.25) is 0 Å². The second-order valence-corrected chi connectivity index (χ2v) is 15.0. The molecule has 0 unspecified atom stereocenters. The zero-order valence-electron chi connectivity index (χ0n) is 32.6. The Balaban J connectivity index is 1.09. The maximum absolute atomic E-state index is 2.40. The van der Waals surface area contributed by atoms with Crippen molar-refractivity contribution in [3.63, 3.8) is 0 Å². The van der Waals surface area contributed by atoms with Crippen molar-refractivity contribution < 1.29 is 0 Å². The molecular weight excluding hydrogens is 711 g/mol. The molecule has 0 aliphatic rings. The highest BCUT2D eigenvalue weighted by Gasteiger charge is 2.18. The summed E-state index contributed by atoms with van der Waals surface area (Å²) < 4.78 is 0. The number of hydrogen-bond acceptors (Lipinski definition) is 1. The first-order chi connectivity index (χ1) is 29.2. The zero-order valence-corrected chi connectivity index (χ0v) is 32.6. The molecule has 0 aliphatic heterocycles. The average Bonchev–Trinajstić information content (AvgIpc) is 3.33. The SMILES string of the molecule is c1ccc(-c2ccc(N(c3ccc(-c4cc(-c5ccccc5)cc(-c5ccccc5)c4)cc3)c3ccccc3-c3cccc(-c4cccc5ccccc45)c3)cc2)cc1. The van der Waals surface area contributed by atoms with E-state index in [1.54, 1.807) is 0 Å². The summed E-state index contributed by atoms with van der Waals surface area (Å²) in [7, 11) is 0. The number of nitrogens with zero attached hydrogens (tertiary/aromatic N) is 1. The molecule has 0 radical (unpaired) electrons. The summed E-state index contributed by atoms with van der Waals surface area (Å²) >= 11 is 0. The molecular formula is C58H41N. The normalized spacial score (nSPS) is 11.1. The van der Waals surface area contributed by atoms with Crippen molar-refractivity contribution in [3.05, 3.63) is 249 Å². The van der Waals surface area contributed by atoms with Gasteiger partial charge in [-0.1, -0.05) is 194 Å². The monoisotopic (exact) mass is 751 g/mol. The summed E-state index contributed by atoms with van der Waals surface area (Å²) in [6.45, 7) is 0. The van der Waals surface area contributed by atoms with Crippen LogP contribution in [0.3, 0.4) is 0 Å². The third-order valence-electron chi connectivity index (χ3n) is 11.3.